The number of rotatable bonds is 6. The van der Waals surface area contributed by atoms with E-state index in [-0.39, 0.29) is 17.8 Å². The van der Waals surface area contributed by atoms with Gasteiger partial charge in [0, 0.05) is 23.7 Å². The van der Waals surface area contributed by atoms with E-state index in [1.807, 2.05) is 6.07 Å². The van der Waals surface area contributed by atoms with Gasteiger partial charge in [-0.3, -0.25) is 5.10 Å². The highest BCUT2D eigenvalue weighted by molar-refractivity contribution is 6.29. The molecule has 1 saturated heterocycles. The minimum Gasteiger partial charge on any atom is -0.441 e. The second-order valence-electron chi connectivity index (χ2n) is 8.74. The molecule has 3 atom stereocenters. The molecule has 1 aromatic carbocycles. The summed E-state index contributed by atoms with van der Waals surface area (Å²) in [4.78, 5) is 16.5. The molecule has 13 heteroatoms. The highest BCUT2D eigenvalue weighted by Gasteiger charge is 2.42. The van der Waals surface area contributed by atoms with Crippen LogP contribution in [-0.2, 0) is 9.47 Å². The number of halogens is 2. The maximum absolute atomic E-state index is 15.0. The number of hydrogen-bond acceptors (Lipinski definition) is 8. The van der Waals surface area contributed by atoms with E-state index in [1.165, 1.54) is 0 Å². The Morgan fingerprint density at radius 2 is 2.22 bits per heavy atom. The first-order valence-electron chi connectivity index (χ1n) is 11.4. The number of fused-ring (bicyclic) bond motifs is 1. The highest BCUT2D eigenvalue weighted by Crippen LogP contribution is 2.34. The van der Waals surface area contributed by atoms with Gasteiger partial charge in [0.15, 0.2) is 29.1 Å². The Balaban J connectivity index is 1.38. The molecule has 3 aromatic heterocycles. The second-order valence-corrected chi connectivity index (χ2v) is 9.13. The largest absolute Gasteiger partial charge is 0.441 e. The predicted molar refractivity (Wildman–Crippen MR) is 132 cm³/mol. The lowest BCUT2D eigenvalue weighted by atomic mass is 10.1. The van der Waals surface area contributed by atoms with Crippen molar-refractivity contribution in [2.45, 2.75) is 38.3 Å². The van der Waals surface area contributed by atoms with Crippen molar-refractivity contribution in [2.75, 3.05) is 11.9 Å². The van der Waals surface area contributed by atoms with Gasteiger partial charge < -0.3 is 20.1 Å². The summed E-state index contributed by atoms with van der Waals surface area (Å²) in [6.07, 6.45) is -2.61. The number of nitrogens with one attached hydrogen (secondary N) is 3. The summed E-state index contributed by atoms with van der Waals surface area (Å²) in [7, 11) is 0. The third-order valence-corrected chi connectivity index (χ3v) is 5.80. The first-order chi connectivity index (χ1) is 17.8. The minimum atomic E-state index is -1.58. The van der Waals surface area contributed by atoms with E-state index in [9.17, 15) is 10.1 Å². The topological polar surface area (TPSA) is 142 Å². The van der Waals surface area contributed by atoms with Gasteiger partial charge in [-0.25, -0.2) is 18.7 Å². The van der Waals surface area contributed by atoms with Crippen LogP contribution in [0.3, 0.4) is 0 Å². The van der Waals surface area contributed by atoms with Gasteiger partial charge in [0.1, 0.15) is 11.6 Å². The average Bonchev–Trinajstić information content (AvgIpc) is 3.57. The van der Waals surface area contributed by atoms with Gasteiger partial charge in [0.2, 0.25) is 0 Å². The van der Waals surface area contributed by atoms with Crippen LogP contribution >= 0.6 is 11.6 Å². The number of nitriles is 1. The van der Waals surface area contributed by atoms with Crippen molar-refractivity contribution in [3.8, 4) is 17.3 Å². The number of nitrogens with zero attached hydrogens (tertiary/aromatic N) is 5. The molecular weight excluding hydrogens is 503 g/mol. The minimum absolute atomic E-state index is 0.0839. The van der Waals surface area contributed by atoms with Crippen LogP contribution in [0.5, 0.6) is 0 Å². The number of carbonyl (C=O) groups is 1. The van der Waals surface area contributed by atoms with E-state index >= 15 is 4.39 Å². The normalized spacial score (nSPS) is 19.2. The summed E-state index contributed by atoms with van der Waals surface area (Å²) in [5, 5.41) is 26.4. The number of alkyl halides is 1. The zero-order valence-electron chi connectivity index (χ0n) is 19.8. The van der Waals surface area contributed by atoms with Crippen LogP contribution in [0.25, 0.3) is 16.8 Å². The zero-order chi connectivity index (χ0) is 26.1. The van der Waals surface area contributed by atoms with Crippen LogP contribution in [0, 0.1) is 11.3 Å². The van der Waals surface area contributed by atoms with Gasteiger partial charge in [0.25, 0.3) is 0 Å². The molecule has 4 heterocycles. The standard InChI is InChI=1S/C24H22ClFN8O3/c1-12(2)28-24(35)37-18-11-36-22(21(18)26)15-7-20(32-31-15)30-23-17-8-19(25)33-34(17)10-16(29-23)14-5-3-4-13(6-14)9-27/h3-8,10,12,18,21-22H,11H2,1-2H3,(H,28,35)(H2,29,30,31,32)/t18-,21-,22-/m0/s1. The van der Waals surface area contributed by atoms with Gasteiger partial charge in [-0.2, -0.15) is 15.5 Å². The number of H-pyrrole nitrogens is 1. The first-order valence-corrected chi connectivity index (χ1v) is 11.8. The summed E-state index contributed by atoms with van der Waals surface area (Å²) in [5.41, 5.74) is 2.70. The Labute approximate surface area is 215 Å². The fraction of sp³-hybridized carbons (Fsp3) is 0.292. The number of aromatic amines is 1. The molecule has 11 nitrogen and oxygen atoms in total. The van der Waals surface area contributed by atoms with Crippen molar-refractivity contribution < 1.29 is 18.7 Å². The summed E-state index contributed by atoms with van der Waals surface area (Å²) in [6, 6.07) is 12.2. The molecule has 3 N–H and O–H groups in total. The molecular formula is C24H22ClFN8O3. The fourth-order valence-electron chi connectivity index (χ4n) is 3.95. The van der Waals surface area contributed by atoms with E-state index in [4.69, 9.17) is 21.1 Å². The van der Waals surface area contributed by atoms with Crippen LogP contribution < -0.4 is 10.6 Å². The number of ether oxygens (including phenoxy) is 2. The van der Waals surface area contributed by atoms with Crippen molar-refractivity contribution in [1.82, 2.24) is 30.1 Å². The number of aromatic nitrogens is 5. The maximum Gasteiger partial charge on any atom is 0.407 e. The molecule has 4 aromatic rings. The van der Waals surface area contributed by atoms with Crippen molar-refractivity contribution in [1.29, 1.82) is 5.26 Å². The summed E-state index contributed by atoms with van der Waals surface area (Å²) in [6.45, 7) is 3.47. The van der Waals surface area contributed by atoms with Crippen molar-refractivity contribution in [3.63, 3.8) is 0 Å². The molecule has 5 rings (SSSR count). The summed E-state index contributed by atoms with van der Waals surface area (Å²) >= 11 is 6.14. The Hall–Kier alpha value is -4.21. The lowest BCUT2D eigenvalue weighted by molar-refractivity contribution is 0.0615. The van der Waals surface area contributed by atoms with Crippen molar-refractivity contribution >= 4 is 34.8 Å². The van der Waals surface area contributed by atoms with Crippen LogP contribution in [0.15, 0.2) is 42.6 Å². The Kier molecular flexibility index (Phi) is 6.64. The SMILES string of the molecule is CC(C)NC(=O)O[C@H]1CO[C@@H](c2cc(Nc3nc(-c4cccc(C#N)c4)cn4nc(Cl)cc34)n[nH]2)[C@H]1F. The monoisotopic (exact) mass is 524 g/mol. The Morgan fingerprint density at radius 3 is 3.00 bits per heavy atom. The number of amides is 1. The number of anilines is 2. The van der Waals surface area contributed by atoms with E-state index in [0.717, 1.165) is 0 Å². The van der Waals surface area contributed by atoms with Crippen molar-refractivity contribution in [3.05, 3.63) is 59.0 Å². The molecule has 0 radical (unpaired) electrons. The Bertz CT molecular complexity index is 1500. The molecule has 0 bridgehead atoms. The van der Waals surface area contributed by atoms with Crippen LogP contribution in [0.2, 0.25) is 5.15 Å². The molecule has 37 heavy (non-hydrogen) atoms. The van der Waals surface area contributed by atoms with E-state index in [2.05, 4.69) is 37.0 Å². The molecule has 1 amide bonds. The molecule has 0 spiro atoms. The highest BCUT2D eigenvalue weighted by atomic mass is 35.5. The predicted octanol–water partition coefficient (Wildman–Crippen LogP) is 4.30. The molecule has 0 unspecified atom stereocenters. The molecule has 1 fully saturated rings. The van der Waals surface area contributed by atoms with Gasteiger partial charge in [-0.05, 0) is 26.0 Å². The van der Waals surface area contributed by atoms with Gasteiger partial charge >= 0.3 is 6.09 Å². The summed E-state index contributed by atoms with van der Waals surface area (Å²) in [5.74, 6) is 0.746. The number of alkyl carbamates (subject to hydrolysis) is 1. The number of hydrogen-bond donors (Lipinski definition) is 3. The van der Waals surface area contributed by atoms with Gasteiger partial charge in [0.05, 0.1) is 35.8 Å². The van der Waals surface area contributed by atoms with E-state index in [1.54, 1.807) is 54.9 Å². The molecule has 1 aliphatic heterocycles. The number of benzene rings is 1. The third kappa shape index (κ3) is 5.18. The van der Waals surface area contributed by atoms with E-state index in [0.29, 0.717) is 39.7 Å². The zero-order valence-corrected chi connectivity index (χ0v) is 20.5. The molecule has 0 aliphatic carbocycles. The smallest absolute Gasteiger partial charge is 0.407 e. The van der Waals surface area contributed by atoms with Crippen LogP contribution in [0.4, 0.5) is 20.8 Å². The second kappa shape index (κ2) is 10.0. The quantitative estimate of drug-likeness (QED) is 0.339. The molecule has 190 valence electrons. The lowest BCUT2D eigenvalue weighted by Crippen LogP contribution is -2.36. The third-order valence-electron chi connectivity index (χ3n) is 5.61. The lowest BCUT2D eigenvalue weighted by Gasteiger charge is -2.16. The van der Waals surface area contributed by atoms with Crippen LogP contribution in [0.1, 0.15) is 31.2 Å². The maximum atomic E-state index is 15.0. The fourth-order valence-corrected chi connectivity index (χ4v) is 4.14. The average molecular weight is 525 g/mol. The van der Waals surface area contributed by atoms with Crippen molar-refractivity contribution in [2.24, 2.45) is 0 Å². The number of carbonyl (C=O) groups excluding carboxylic acids is 1. The van der Waals surface area contributed by atoms with E-state index < -0.39 is 24.5 Å². The molecule has 0 saturated carbocycles. The Morgan fingerprint density at radius 1 is 1.38 bits per heavy atom. The van der Waals surface area contributed by atoms with Gasteiger partial charge in [-0.1, -0.05) is 23.7 Å². The summed E-state index contributed by atoms with van der Waals surface area (Å²) < 4.78 is 27.3. The van der Waals surface area contributed by atoms with Gasteiger partial charge in [-0.15, -0.1) is 0 Å². The first kappa shape index (κ1) is 24.5. The molecule has 1 aliphatic rings. The van der Waals surface area contributed by atoms with Crippen LogP contribution in [-0.4, -0.2) is 55.8 Å².